The van der Waals surface area contributed by atoms with Gasteiger partial charge in [-0.3, -0.25) is 10.1 Å². The van der Waals surface area contributed by atoms with E-state index < -0.39 is 30.3 Å². The summed E-state index contributed by atoms with van der Waals surface area (Å²) in [4.78, 5) is 10.2. The monoisotopic (exact) mass is 284 g/mol. The van der Waals surface area contributed by atoms with Crippen LogP contribution in [0.3, 0.4) is 0 Å². The Morgan fingerprint density at radius 1 is 1.20 bits per heavy atom. The van der Waals surface area contributed by atoms with E-state index in [4.69, 9.17) is 0 Å². The molecule has 1 heterocycles. The number of aliphatic hydroxyl groups is 3. The fourth-order valence-corrected chi connectivity index (χ4v) is 1.66. The number of nitro benzene ring substituents is 1. The molecule has 0 fully saturated rings. The molecule has 2 aromatic rings. The molecule has 4 N–H and O–H groups in total. The van der Waals surface area contributed by atoms with E-state index in [0.717, 1.165) is 0 Å². The Morgan fingerprint density at radius 2 is 1.80 bits per heavy atom. The standard InChI is InChI=1S/C10H12N4O6/c15-3-10(4-16,5-17)11-6-1-2-7(14(18)19)9-8(6)12-20-13-9/h1-2,11,15-17H,3-5H2. The van der Waals surface area contributed by atoms with Crippen LogP contribution in [0.4, 0.5) is 11.4 Å². The molecule has 0 atom stereocenters. The summed E-state index contributed by atoms with van der Waals surface area (Å²) in [7, 11) is 0. The zero-order valence-electron chi connectivity index (χ0n) is 10.2. The highest BCUT2D eigenvalue weighted by atomic mass is 16.6. The maximum absolute atomic E-state index is 10.8. The van der Waals surface area contributed by atoms with Crippen molar-refractivity contribution in [2.45, 2.75) is 5.54 Å². The predicted octanol–water partition coefficient (Wildman–Crippen LogP) is -0.741. The number of non-ortho nitro benzene ring substituents is 1. The molecular formula is C10H12N4O6. The molecule has 10 heteroatoms. The van der Waals surface area contributed by atoms with Crippen LogP contribution in [0.15, 0.2) is 16.8 Å². The predicted molar refractivity (Wildman–Crippen MR) is 66.1 cm³/mol. The summed E-state index contributed by atoms with van der Waals surface area (Å²) in [6, 6.07) is 2.52. The highest BCUT2D eigenvalue weighted by Crippen LogP contribution is 2.30. The van der Waals surface area contributed by atoms with Crippen molar-refractivity contribution in [1.82, 2.24) is 10.3 Å². The van der Waals surface area contributed by atoms with Crippen LogP contribution < -0.4 is 5.32 Å². The topological polar surface area (TPSA) is 155 Å². The molecule has 0 bridgehead atoms. The molecule has 0 saturated carbocycles. The van der Waals surface area contributed by atoms with Crippen LogP contribution in [0.2, 0.25) is 0 Å². The number of anilines is 1. The molecule has 0 spiro atoms. The summed E-state index contributed by atoms with van der Waals surface area (Å²) in [6.45, 7) is -1.66. The van der Waals surface area contributed by atoms with Gasteiger partial charge in [0.15, 0.2) is 5.52 Å². The third kappa shape index (κ3) is 2.27. The first-order valence-corrected chi connectivity index (χ1v) is 5.57. The molecule has 0 radical (unpaired) electrons. The molecule has 1 aromatic heterocycles. The minimum absolute atomic E-state index is 0.0669. The van der Waals surface area contributed by atoms with Gasteiger partial charge < -0.3 is 20.6 Å². The van der Waals surface area contributed by atoms with Crippen LogP contribution in [0, 0.1) is 10.1 Å². The highest BCUT2D eigenvalue weighted by Gasteiger charge is 2.30. The second-order valence-corrected chi connectivity index (χ2v) is 4.23. The third-order valence-electron chi connectivity index (χ3n) is 2.90. The van der Waals surface area contributed by atoms with Gasteiger partial charge in [-0.1, -0.05) is 0 Å². The molecule has 0 saturated heterocycles. The largest absolute Gasteiger partial charge is 0.394 e. The van der Waals surface area contributed by atoms with E-state index in [1.165, 1.54) is 12.1 Å². The maximum Gasteiger partial charge on any atom is 0.300 e. The number of nitro groups is 1. The van der Waals surface area contributed by atoms with Gasteiger partial charge in [0.2, 0.25) is 5.52 Å². The van der Waals surface area contributed by atoms with Crippen molar-refractivity contribution in [2.75, 3.05) is 25.1 Å². The first-order valence-electron chi connectivity index (χ1n) is 5.57. The van der Waals surface area contributed by atoms with Gasteiger partial charge in [-0.05, 0) is 16.4 Å². The third-order valence-corrected chi connectivity index (χ3v) is 2.90. The molecule has 2 rings (SSSR count). The number of aromatic nitrogens is 2. The Bertz CT molecular complexity index is 615. The van der Waals surface area contributed by atoms with Gasteiger partial charge in [-0.15, -0.1) is 0 Å². The fraction of sp³-hybridized carbons (Fsp3) is 0.400. The van der Waals surface area contributed by atoms with Gasteiger partial charge in [-0.25, -0.2) is 4.63 Å². The number of benzene rings is 1. The number of nitrogens with one attached hydrogen (secondary N) is 1. The SMILES string of the molecule is O=[N+]([O-])c1ccc(NC(CO)(CO)CO)c2nonc12. The van der Waals surface area contributed by atoms with Crippen molar-refractivity contribution in [3.05, 3.63) is 22.2 Å². The first-order chi connectivity index (χ1) is 9.56. The van der Waals surface area contributed by atoms with Gasteiger partial charge in [0, 0.05) is 6.07 Å². The molecule has 0 amide bonds. The molecule has 0 aliphatic carbocycles. The smallest absolute Gasteiger partial charge is 0.300 e. The Morgan fingerprint density at radius 3 is 2.35 bits per heavy atom. The minimum Gasteiger partial charge on any atom is -0.394 e. The molecule has 0 aliphatic heterocycles. The summed E-state index contributed by atoms with van der Waals surface area (Å²) in [5, 5.41) is 48.3. The van der Waals surface area contributed by atoms with Crippen LogP contribution >= 0.6 is 0 Å². The van der Waals surface area contributed by atoms with Crippen LogP contribution in [0.25, 0.3) is 11.0 Å². The highest BCUT2D eigenvalue weighted by molar-refractivity contribution is 5.93. The first kappa shape index (κ1) is 14.1. The van der Waals surface area contributed by atoms with Crippen molar-refractivity contribution in [3.8, 4) is 0 Å². The molecule has 0 unspecified atom stereocenters. The minimum atomic E-state index is -1.39. The number of nitrogens with zero attached hydrogens (tertiary/aromatic N) is 3. The molecule has 0 aliphatic rings. The lowest BCUT2D eigenvalue weighted by atomic mass is 10.0. The van der Waals surface area contributed by atoms with Crippen molar-refractivity contribution in [1.29, 1.82) is 0 Å². The Balaban J connectivity index is 2.49. The van der Waals surface area contributed by atoms with Crippen molar-refractivity contribution in [3.63, 3.8) is 0 Å². The zero-order chi connectivity index (χ0) is 14.8. The second kappa shape index (κ2) is 5.36. The van der Waals surface area contributed by atoms with E-state index >= 15 is 0 Å². The van der Waals surface area contributed by atoms with Gasteiger partial charge >= 0.3 is 5.69 Å². The van der Waals surface area contributed by atoms with Crippen LogP contribution in [-0.4, -0.2) is 55.9 Å². The van der Waals surface area contributed by atoms with Crippen molar-refractivity contribution >= 4 is 22.4 Å². The number of hydrogen-bond donors (Lipinski definition) is 4. The molecular weight excluding hydrogens is 272 g/mol. The Hall–Kier alpha value is -2.30. The summed E-state index contributed by atoms with van der Waals surface area (Å²) in [5.41, 5.74) is -1.43. The molecule has 10 nitrogen and oxygen atoms in total. The second-order valence-electron chi connectivity index (χ2n) is 4.23. The average Bonchev–Trinajstić information content (AvgIpc) is 2.94. The van der Waals surface area contributed by atoms with Crippen LogP contribution in [-0.2, 0) is 0 Å². The van der Waals surface area contributed by atoms with Crippen LogP contribution in [0.1, 0.15) is 0 Å². The van der Waals surface area contributed by atoms with Gasteiger partial charge in [0.05, 0.1) is 30.4 Å². The average molecular weight is 284 g/mol. The summed E-state index contributed by atoms with van der Waals surface area (Å²) < 4.78 is 4.48. The lowest BCUT2D eigenvalue weighted by molar-refractivity contribution is -0.383. The number of aliphatic hydroxyl groups excluding tert-OH is 3. The molecule has 108 valence electrons. The van der Waals surface area contributed by atoms with E-state index in [9.17, 15) is 25.4 Å². The normalized spacial score (nSPS) is 11.8. The van der Waals surface area contributed by atoms with E-state index in [1.807, 2.05) is 0 Å². The van der Waals surface area contributed by atoms with Gasteiger partial charge in [0.1, 0.15) is 5.54 Å². The van der Waals surface area contributed by atoms with E-state index in [1.54, 1.807) is 0 Å². The van der Waals surface area contributed by atoms with Crippen LogP contribution in [0.5, 0.6) is 0 Å². The van der Waals surface area contributed by atoms with E-state index in [0.29, 0.717) is 0 Å². The zero-order valence-corrected chi connectivity index (χ0v) is 10.2. The molecule has 1 aromatic carbocycles. The van der Waals surface area contributed by atoms with E-state index in [2.05, 4.69) is 20.3 Å². The summed E-state index contributed by atoms with van der Waals surface area (Å²) >= 11 is 0. The summed E-state index contributed by atoms with van der Waals surface area (Å²) in [5.74, 6) is 0. The van der Waals surface area contributed by atoms with E-state index in [-0.39, 0.29) is 22.4 Å². The van der Waals surface area contributed by atoms with Gasteiger partial charge in [0.25, 0.3) is 0 Å². The Kier molecular flexibility index (Phi) is 3.79. The van der Waals surface area contributed by atoms with Crippen molar-refractivity contribution < 1.29 is 24.9 Å². The lowest BCUT2D eigenvalue weighted by Gasteiger charge is -2.29. The number of hydrogen-bond acceptors (Lipinski definition) is 9. The lowest BCUT2D eigenvalue weighted by Crippen LogP contribution is -2.49. The van der Waals surface area contributed by atoms with Crippen molar-refractivity contribution in [2.24, 2.45) is 0 Å². The summed E-state index contributed by atoms with van der Waals surface area (Å²) in [6.07, 6.45) is 0. The number of fused-ring (bicyclic) bond motifs is 1. The Labute approximate surface area is 111 Å². The van der Waals surface area contributed by atoms with Gasteiger partial charge in [-0.2, -0.15) is 0 Å². The quantitative estimate of drug-likeness (QED) is 0.396. The number of rotatable bonds is 6. The molecule has 20 heavy (non-hydrogen) atoms. The fourth-order valence-electron chi connectivity index (χ4n) is 1.66. The maximum atomic E-state index is 10.8.